The fourth-order valence-electron chi connectivity index (χ4n) is 3.36. The SMILES string of the molecule is Cc1ccc(CN(CCCOc2nc3ccccc3nc2C(=O)O)c2ncc(C)cn2)cc1. The van der Waals surface area contributed by atoms with Gasteiger partial charge in [-0.25, -0.2) is 24.7 Å². The van der Waals surface area contributed by atoms with E-state index in [0.717, 1.165) is 11.1 Å². The topological polar surface area (TPSA) is 101 Å². The largest absolute Gasteiger partial charge is 0.476 e. The number of fused-ring (bicyclic) bond motifs is 1. The molecule has 0 radical (unpaired) electrons. The number of rotatable bonds is 9. The highest BCUT2D eigenvalue weighted by Crippen LogP contribution is 2.20. The Bertz CT molecular complexity index is 1240. The van der Waals surface area contributed by atoms with E-state index in [9.17, 15) is 9.90 Å². The molecule has 0 atom stereocenters. The molecule has 0 bridgehead atoms. The van der Waals surface area contributed by atoms with Crippen molar-refractivity contribution in [1.29, 1.82) is 0 Å². The van der Waals surface area contributed by atoms with Crippen molar-refractivity contribution in [2.75, 3.05) is 18.1 Å². The number of anilines is 1. The van der Waals surface area contributed by atoms with Crippen LogP contribution in [0.5, 0.6) is 5.88 Å². The standard InChI is InChI=1S/C25H25N5O3/c1-17-8-10-19(11-9-17)16-30(25-26-14-18(2)15-27-25)12-5-13-33-23-22(24(31)32)28-20-6-3-4-7-21(20)29-23/h3-4,6-11,14-15H,5,12-13,16H2,1-2H3,(H,31,32). The highest BCUT2D eigenvalue weighted by Gasteiger charge is 2.17. The quantitative estimate of drug-likeness (QED) is 0.384. The van der Waals surface area contributed by atoms with Gasteiger partial charge in [0.2, 0.25) is 17.5 Å². The fourth-order valence-corrected chi connectivity index (χ4v) is 3.36. The smallest absolute Gasteiger partial charge is 0.360 e. The van der Waals surface area contributed by atoms with Gasteiger partial charge in [-0.1, -0.05) is 42.0 Å². The molecule has 0 amide bonds. The van der Waals surface area contributed by atoms with Crippen LogP contribution in [0, 0.1) is 13.8 Å². The van der Waals surface area contributed by atoms with Gasteiger partial charge in [-0.3, -0.25) is 0 Å². The summed E-state index contributed by atoms with van der Waals surface area (Å²) in [7, 11) is 0. The van der Waals surface area contributed by atoms with Gasteiger partial charge in [-0.05, 0) is 43.5 Å². The van der Waals surface area contributed by atoms with E-state index < -0.39 is 5.97 Å². The molecule has 0 aliphatic heterocycles. The molecule has 2 heterocycles. The van der Waals surface area contributed by atoms with E-state index in [-0.39, 0.29) is 18.2 Å². The average Bonchev–Trinajstić information content (AvgIpc) is 2.82. The molecule has 8 heteroatoms. The molecule has 0 aliphatic rings. The Morgan fingerprint density at radius 3 is 2.27 bits per heavy atom. The van der Waals surface area contributed by atoms with Gasteiger partial charge in [0.25, 0.3) is 0 Å². The van der Waals surface area contributed by atoms with Gasteiger partial charge in [0, 0.05) is 25.5 Å². The Balaban J connectivity index is 1.46. The second-order valence-electron chi connectivity index (χ2n) is 7.84. The fraction of sp³-hybridized carbons (Fsp3) is 0.240. The Hall–Kier alpha value is -4.07. The van der Waals surface area contributed by atoms with Crippen molar-refractivity contribution in [3.63, 3.8) is 0 Å². The molecular formula is C25H25N5O3. The second kappa shape index (κ2) is 10.0. The lowest BCUT2D eigenvalue weighted by atomic mass is 10.1. The molecule has 0 fully saturated rings. The summed E-state index contributed by atoms with van der Waals surface area (Å²) < 4.78 is 5.76. The van der Waals surface area contributed by atoms with Crippen molar-refractivity contribution < 1.29 is 14.6 Å². The Labute approximate surface area is 191 Å². The highest BCUT2D eigenvalue weighted by molar-refractivity contribution is 5.90. The van der Waals surface area contributed by atoms with Crippen LogP contribution in [0.3, 0.4) is 0 Å². The molecule has 168 valence electrons. The lowest BCUT2D eigenvalue weighted by molar-refractivity contribution is 0.0684. The molecule has 33 heavy (non-hydrogen) atoms. The number of ether oxygens (including phenoxy) is 1. The molecule has 0 spiro atoms. The molecular weight excluding hydrogens is 418 g/mol. The molecule has 4 rings (SSSR count). The van der Waals surface area contributed by atoms with Crippen molar-refractivity contribution in [3.8, 4) is 5.88 Å². The van der Waals surface area contributed by atoms with E-state index >= 15 is 0 Å². The summed E-state index contributed by atoms with van der Waals surface area (Å²) >= 11 is 0. The summed E-state index contributed by atoms with van der Waals surface area (Å²) in [6, 6.07) is 15.5. The van der Waals surface area contributed by atoms with Crippen LogP contribution in [0.25, 0.3) is 11.0 Å². The Morgan fingerprint density at radius 2 is 1.61 bits per heavy atom. The maximum atomic E-state index is 11.6. The first kappa shape index (κ1) is 22.1. The van der Waals surface area contributed by atoms with Gasteiger partial charge in [-0.15, -0.1) is 0 Å². The number of hydrogen-bond donors (Lipinski definition) is 1. The number of carboxylic acids is 1. The summed E-state index contributed by atoms with van der Waals surface area (Å²) in [5.74, 6) is -0.506. The lowest BCUT2D eigenvalue weighted by Crippen LogP contribution is -2.27. The number of carboxylic acid groups (broad SMARTS) is 1. The molecule has 0 saturated carbocycles. The minimum atomic E-state index is -1.17. The normalized spacial score (nSPS) is 10.8. The Kier molecular flexibility index (Phi) is 6.73. The third-order valence-corrected chi connectivity index (χ3v) is 5.10. The monoisotopic (exact) mass is 443 g/mol. The maximum Gasteiger partial charge on any atom is 0.360 e. The van der Waals surface area contributed by atoms with Gasteiger partial charge in [-0.2, -0.15) is 0 Å². The number of nitrogens with zero attached hydrogens (tertiary/aromatic N) is 5. The van der Waals surface area contributed by atoms with E-state index in [4.69, 9.17) is 4.74 Å². The first-order valence-corrected chi connectivity index (χ1v) is 10.7. The highest BCUT2D eigenvalue weighted by atomic mass is 16.5. The van der Waals surface area contributed by atoms with E-state index in [2.05, 4.69) is 56.0 Å². The summed E-state index contributed by atoms with van der Waals surface area (Å²) in [5, 5.41) is 9.52. The van der Waals surface area contributed by atoms with E-state index in [1.54, 1.807) is 30.6 Å². The van der Waals surface area contributed by atoms with Crippen LogP contribution in [0.2, 0.25) is 0 Å². The summed E-state index contributed by atoms with van der Waals surface area (Å²) in [6.45, 7) is 5.57. The minimum Gasteiger partial charge on any atom is -0.476 e. The predicted molar refractivity (Wildman–Crippen MR) is 126 cm³/mol. The van der Waals surface area contributed by atoms with Crippen LogP contribution in [0.1, 0.15) is 33.6 Å². The third kappa shape index (κ3) is 5.60. The van der Waals surface area contributed by atoms with Crippen molar-refractivity contribution in [3.05, 3.63) is 83.3 Å². The third-order valence-electron chi connectivity index (χ3n) is 5.10. The Morgan fingerprint density at radius 1 is 0.939 bits per heavy atom. The maximum absolute atomic E-state index is 11.6. The van der Waals surface area contributed by atoms with Gasteiger partial charge in [0.15, 0.2) is 0 Å². The minimum absolute atomic E-state index is 0.0258. The van der Waals surface area contributed by atoms with Gasteiger partial charge >= 0.3 is 5.97 Å². The van der Waals surface area contributed by atoms with Crippen molar-refractivity contribution in [2.45, 2.75) is 26.8 Å². The van der Waals surface area contributed by atoms with Crippen molar-refractivity contribution in [1.82, 2.24) is 19.9 Å². The predicted octanol–water partition coefficient (Wildman–Crippen LogP) is 4.21. The first-order chi connectivity index (χ1) is 16.0. The number of carbonyl (C=O) groups is 1. The van der Waals surface area contributed by atoms with Gasteiger partial charge < -0.3 is 14.7 Å². The summed E-state index contributed by atoms with van der Waals surface area (Å²) in [5.41, 5.74) is 4.27. The van der Waals surface area contributed by atoms with E-state index in [1.165, 1.54) is 5.56 Å². The van der Waals surface area contributed by atoms with Crippen LogP contribution < -0.4 is 9.64 Å². The summed E-state index contributed by atoms with van der Waals surface area (Å²) in [4.78, 5) is 31.2. The van der Waals surface area contributed by atoms with Crippen LogP contribution in [-0.4, -0.2) is 44.2 Å². The number of aryl methyl sites for hydroxylation is 2. The molecule has 8 nitrogen and oxygen atoms in total. The van der Waals surface area contributed by atoms with Crippen LogP contribution in [-0.2, 0) is 6.54 Å². The number of aromatic carboxylic acids is 1. The number of hydrogen-bond acceptors (Lipinski definition) is 7. The summed E-state index contributed by atoms with van der Waals surface area (Å²) in [6.07, 6.45) is 4.21. The molecule has 0 unspecified atom stereocenters. The van der Waals surface area contributed by atoms with Gasteiger partial charge in [0.1, 0.15) is 0 Å². The molecule has 1 N–H and O–H groups in total. The lowest BCUT2D eigenvalue weighted by Gasteiger charge is -2.23. The van der Waals surface area contributed by atoms with E-state index in [1.807, 2.05) is 13.0 Å². The molecule has 4 aromatic rings. The van der Waals surface area contributed by atoms with Crippen LogP contribution >= 0.6 is 0 Å². The molecule has 0 aliphatic carbocycles. The zero-order valence-electron chi connectivity index (χ0n) is 18.6. The zero-order chi connectivity index (χ0) is 23.2. The molecule has 0 saturated heterocycles. The van der Waals surface area contributed by atoms with Crippen molar-refractivity contribution in [2.24, 2.45) is 0 Å². The zero-order valence-corrected chi connectivity index (χ0v) is 18.6. The number of benzene rings is 2. The average molecular weight is 444 g/mol. The number of aromatic nitrogens is 4. The van der Waals surface area contributed by atoms with E-state index in [0.29, 0.717) is 36.5 Å². The second-order valence-corrected chi connectivity index (χ2v) is 7.84. The number of para-hydroxylation sites is 2. The molecule has 2 aromatic carbocycles. The van der Waals surface area contributed by atoms with Crippen LogP contribution in [0.15, 0.2) is 60.9 Å². The van der Waals surface area contributed by atoms with Gasteiger partial charge in [0.05, 0.1) is 17.6 Å². The van der Waals surface area contributed by atoms with Crippen LogP contribution in [0.4, 0.5) is 5.95 Å². The first-order valence-electron chi connectivity index (χ1n) is 10.7. The van der Waals surface area contributed by atoms with Crippen molar-refractivity contribution >= 4 is 23.0 Å². The molecule has 2 aromatic heterocycles.